The summed E-state index contributed by atoms with van der Waals surface area (Å²) in [6.45, 7) is 0. The molecule has 0 aliphatic carbocycles. The molecule has 0 spiro atoms. The molecular formula is C6H3BClF3. The second-order valence-corrected chi connectivity index (χ2v) is 2.34. The van der Waals surface area contributed by atoms with Gasteiger partial charge in [-0.3, -0.25) is 8.63 Å². The van der Waals surface area contributed by atoms with E-state index in [1.54, 1.807) is 0 Å². The lowest BCUT2D eigenvalue weighted by Gasteiger charge is -1.99. The minimum Gasteiger partial charge on any atom is -0.281 e. The first kappa shape index (κ1) is 8.46. The summed E-state index contributed by atoms with van der Waals surface area (Å²) in [5, 5.41) is -0.236. The maximum Gasteiger partial charge on any atom is 0.576 e. The van der Waals surface area contributed by atoms with E-state index >= 15 is 0 Å². The van der Waals surface area contributed by atoms with Gasteiger partial charge in [0, 0.05) is 10.5 Å². The molecule has 0 aliphatic rings. The molecule has 0 fully saturated rings. The molecule has 0 heterocycles. The molecule has 0 nitrogen and oxygen atoms in total. The van der Waals surface area contributed by atoms with Crippen LogP contribution in [0.25, 0.3) is 0 Å². The van der Waals surface area contributed by atoms with Gasteiger partial charge < -0.3 is 0 Å². The van der Waals surface area contributed by atoms with Gasteiger partial charge in [-0.15, -0.1) is 0 Å². The Hall–Kier alpha value is -0.635. The van der Waals surface area contributed by atoms with E-state index in [-0.39, 0.29) is 5.02 Å². The molecule has 0 unspecified atom stereocenters. The Labute approximate surface area is 67.2 Å². The van der Waals surface area contributed by atoms with Crippen LogP contribution >= 0.6 is 11.6 Å². The van der Waals surface area contributed by atoms with Crippen LogP contribution < -0.4 is 5.46 Å². The molecule has 11 heavy (non-hydrogen) atoms. The average Bonchev–Trinajstić information content (AvgIpc) is 1.85. The Morgan fingerprint density at radius 3 is 2.27 bits per heavy atom. The lowest BCUT2D eigenvalue weighted by Crippen LogP contribution is -2.25. The fourth-order valence-corrected chi connectivity index (χ4v) is 0.965. The Balaban J connectivity index is 3.21. The predicted molar refractivity (Wildman–Crippen MR) is 39.0 cm³/mol. The molecule has 1 aromatic carbocycles. The van der Waals surface area contributed by atoms with Crippen molar-refractivity contribution >= 4 is 24.3 Å². The molecule has 0 amide bonds. The van der Waals surface area contributed by atoms with Crippen LogP contribution in [0.15, 0.2) is 18.2 Å². The first-order chi connectivity index (χ1) is 5.13. The molecule has 0 saturated carbocycles. The zero-order chi connectivity index (χ0) is 8.43. The van der Waals surface area contributed by atoms with E-state index in [0.717, 1.165) is 6.07 Å². The maximum absolute atomic E-state index is 12.5. The Bertz CT molecular complexity index is 244. The Morgan fingerprint density at radius 1 is 1.27 bits per heavy atom. The van der Waals surface area contributed by atoms with Crippen LogP contribution in [0.5, 0.6) is 0 Å². The van der Waals surface area contributed by atoms with Crippen LogP contribution in [0.3, 0.4) is 0 Å². The smallest absolute Gasteiger partial charge is 0.281 e. The van der Waals surface area contributed by atoms with E-state index in [4.69, 9.17) is 11.6 Å². The highest BCUT2D eigenvalue weighted by atomic mass is 35.5. The number of rotatable bonds is 1. The van der Waals surface area contributed by atoms with Gasteiger partial charge in [-0.2, -0.15) is 0 Å². The van der Waals surface area contributed by atoms with Crippen molar-refractivity contribution in [2.75, 3.05) is 0 Å². The Morgan fingerprint density at radius 2 is 1.91 bits per heavy atom. The highest BCUT2D eigenvalue weighted by Crippen LogP contribution is 2.09. The third-order valence-corrected chi connectivity index (χ3v) is 1.55. The average molecular weight is 178 g/mol. The van der Waals surface area contributed by atoms with E-state index in [9.17, 15) is 13.0 Å². The molecule has 0 atom stereocenters. The van der Waals surface area contributed by atoms with Crippen LogP contribution in [-0.2, 0) is 0 Å². The van der Waals surface area contributed by atoms with Crippen molar-refractivity contribution in [2.24, 2.45) is 0 Å². The van der Waals surface area contributed by atoms with E-state index in [0.29, 0.717) is 0 Å². The molecule has 5 heteroatoms. The van der Waals surface area contributed by atoms with Gasteiger partial charge in [0.25, 0.3) is 0 Å². The molecule has 0 radical (unpaired) electrons. The van der Waals surface area contributed by atoms with Crippen LogP contribution in [-0.4, -0.2) is 7.27 Å². The molecule has 1 rings (SSSR count). The van der Waals surface area contributed by atoms with Crippen molar-refractivity contribution in [3.63, 3.8) is 0 Å². The van der Waals surface area contributed by atoms with Crippen molar-refractivity contribution in [1.29, 1.82) is 0 Å². The number of benzene rings is 1. The lowest BCUT2D eigenvalue weighted by molar-refractivity contribution is 0.622. The van der Waals surface area contributed by atoms with Gasteiger partial charge in [-0.1, -0.05) is 17.7 Å². The van der Waals surface area contributed by atoms with E-state index in [2.05, 4.69) is 0 Å². The lowest BCUT2D eigenvalue weighted by atomic mass is 9.85. The van der Waals surface area contributed by atoms with Gasteiger partial charge in [-0.05, 0) is 12.1 Å². The fourth-order valence-electron chi connectivity index (χ4n) is 0.719. The van der Waals surface area contributed by atoms with Gasteiger partial charge in [0.05, 0.1) is 0 Å². The summed E-state index contributed by atoms with van der Waals surface area (Å²) in [5.74, 6) is -0.965. The number of hydrogen-bond acceptors (Lipinski definition) is 0. The van der Waals surface area contributed by atoms with E-state index in [1.165, 1.54) is 12.1 Å². The standard InChI is InChI=1S/C6H3BClF3/c8-4-2-1-3-5(9)6(4)7(10)11/h1-3H. The first-order valence-electron chi connectivity index (χ1n) is 2.85. The topological polar surface area (TPSA) is 0 Å². The van der Waals surface area contributed by atoms with Crippen molar-refractivity contribution in [3.05, 3.63) is 29.0 Å². The van der Waals surface area contributed by atoms with Gasteiger partial charge >= 0.3 is 7.27 Å². The quantitative estimate of drug-likeness (QED) is 0.578. The zero-order valence-electron chi connectivity index (χ0n) is 5.32. The molecule has 1 aromatic rings. The molecule has 0 bridgehead atoms. The van der Waals surface area contributed by atoms with E-state index < -0.39 is 18.5 Å². The summed E-state index contributed by atoms with van der Waals surface area (Å²) in [6, 6.07) is 3.46. The first-order valence-corrected chi connectivity index (χ1v) is 3.23. The number of halogens is 4. The Kier molecular flexibility index (Phi) is 2.44. The summed E-state index contributed by atoms with van der Waals surface area (Å²) in [5.41, 5.74) is -0.728. The van der Waals surface area contributed by atoms with Gasteiger partial charge in [-0.25, -0.2) is 4.39 Å². The van der Waals surface area contributed by atoms with Crippen LogP contribution in [0.1, 0.15) is 0 Å². The maximum atomic E-state index is 12.5. The summed E-state index contributed by atoms with van der Waals surface area (Å²) in [7, 11) is -2.86. The molecule has 0 saturated heterocycles. The van der Waals surface area contributed by atoms with Crippen LogP contribution in [0.4, 0.5) is 13.0 Å². The van der Waals surface area contributed by atoms with Gasteiger partial charge in [0.15, 0.2) is 0 Å². The molecule has 0 aliphatic heterocycles. The monoisotopic (exact) mass is 178 g/mol. The normalized spacial score (nSPS) is 9.82. The van der Waals surface area contributed by atoms with Crippen LogP contribution in [0.2, 0.25) is 5.02 Å². The van der Waals surface area contributed by atoms with Crippen molar-refractivity contribution in [1.82, 2.24) is 0 Å². The van der Waals surface area contributed by atoms with Crippen LogP contribution in [0, 0.1) is 5.82 Å². The summed E-state index contributed by atoms with van der Waals surface area (Å²) >= 11 is 5.30. The second-order valence-electron chi connectivity index (χ2n) is 1.94. The third-order valence-electron chi connectivity index (χ3n) is 1.22. The molecule has 0 N–H and O–H groups in total. The fraction of sp³-hybridized carbons (Fsp3) is 0. The largest absolute Gasteiger partial charge is 0.576 e. The minimum atomic E-state index is -2.86. The van der Waals surface area contributed by atoms with Gasteiger partial charge in [0.2, 0.25) is 0 Å². The SMILES string of the molecule is FB(F)c1c(F)cccc1Cl. The number of hydrogen-bond donors (Lipinski definition) is 0. The summed E-state index contributed by atoms with van der Waals surface area (Å²) in [4.78, 5) is 0. The van der Waals surface area contributed by atoms with Gasteiger partial charge in [0.1, 0.15) is 5.82 Å². The van der Waals surface area contributed by atoms with Crippen molar-refractivity contribution in [2.45, 2.75) is 0 Å². The highest BCUT2D eigenvalue weighted by Gasteiger charge is 2.23. The molecule has 58 valence electrons. The summed E-state index contributed by atoms with van der Waals surface area (Å²) in [6.07, 6.45) is 0. The molecular weight excluding hydrogens is 175 g/mol. The van der Waals surface area contributed by atoms with Crippen molar-refractivity contribution in [3.8, 4) is 0 Å². The van der Waals surface area contributed by atoms with E-state index in [1.807, 2.05) is 0 Å². The highest BCUT2D eigenvalue weighted by molar-refractivity contribution is 6.63. The van der Waals surface area contributed by atoms with Crippen molar-refractivity contribution < 1.29 is 13.0 Å². The zero-order valence-corrected chi connectivity index (χ0v) is 6.08. The minimum absolute atomic E-state index is 0.236. The summed E-state index contributed by atoms with van der Waals surface area (Å²) < 4.78 is 36.5. The predicted octanol–water partition coefficient (Wildman–Crippen LogP) is 2.11. The molecule has 0 aromatic heterocycles. The second kappa shape index (κ2) is 3.18. The third kappa shape index (κ3) is 1.68.